The Morgan fingerprint density at radius 3 is 2.91 bits per heavy atom. The van der Waals surface area contributed by atoms with Gasteiger partial charge in [-0.3, -0.25) is 4.79 Å². The third-order valence-corrected chi connectivity index (χ3v) is 3.96. The summed E-state index contributed by atoms with van der Waals surface area (Å²) in [4.78, 5) is 12.2. The largest absolute Gasteiger partial charge is 0.494 e. The van der Waals surface area contributed by atoms with Crippen LogP contribution in [0.15, 0.2) is 24.3 Å². The van der Waals surface area contributed by atoms with Gasteiger partial charge in [0.25, 0.3) is 0 Å². The number of carbonyl (C=O) groups is 1. The fourth-order valence-electron chi connectivity index (χ4n) is 2.84. The lowest BCUT2D eigenvalue weighted by molar-refractivity contribution is -0.126. The van der Waals surface area contributed by atoms with Crippen LogP contribution >= 0.6 is 12.4 Å². The molecule has 5 heteroatoms. The van der Waals surface area contributed by atoms with Gasteiger partial charge in [0.05, 0.1) is 6.61 Å². The van der Waals surface area contributed by atoms with Crippen LogP contribution in [-0.4, -0.2) is 31.6 Å². The van der Waals surface area contributed by atoms with Crippen LogP contribution in [0.4, 0.5) is 0 Å². The second kappa shape index (κ2) is 9.70. The van der Waals surface area contributed by atoms with Gasteiger partial charge in [0, 0.05) is 18.5 Å². The van der Waals surface area contributed by atoms with Gasteiger partial charge in [0.2, 0.25) is 5.91 Å². The van der Waals surface area contributed by atoms with Gasteiger partial charge in [-0.15, -0.1) is 12.4 Å². The number of hydrogen-bond acceptors (Lipinski definition) is 3. The highest BCUT2D eigenvalue weighted by molar-refractivity contribution is 5.85. The lowest BCUT2D eigenvalue weighted by atomic mass is 9.92. The number of para-hydroxylation sites is 1. The van der Waals surface area contributed by atoms with E-state index in [0.29, 0.717) is 19.2 Å². The summed E-state index contributed by atoms with van der Waals surface area (Å²) in [7, 11) is 0. The average molecular weight is 327 g/mol. The van der Waals surface area contributed by atoms with E-state index in [1.54, 1.807) is 0 Å². The molecule has 1 saturated heterocycles. The number of rotatable bonds is 6. The Morgan fingerprint density at radius 2 is 2.18 bits per heavy atom. The van der Waals surface area contributed by atoms with Gasteiger partial charge in [-0.05, 0) is 51.3 Å². The van der Waals surface area contributed by atoms with Gasteiger partial charge in [-0.1, -0.05) is 18.2 Å². The van der Waals surface area contributed by atoms with Gasteiger partial charge in [-0.2, -0.15) is 0 Å². The maximum atomic E-state index is 12.2. The molecule has 0 radical (unpaired) electrons. The molecule has 0 bridgehead atoms. The summed E-state index contributed by atoms with van der Waals surface area (Å²) >= 11 is 0. The molecule has 1 fully saturated rings. The van der Waals surface area contributed by atoms with E-state index in [4.69, 9.17) is 4.74 Å². The van der Waals surface area contributed by atoms with Crippen LogP contribution < -0.4 is 15.4 Å². The molecule has 1 heterocycles. The first-order valence-electron chi connectivity index (χ1n) is 7.92. The van der Waals surface area contributed by atoms with E-state index in [1.165, 1.54) is 0 Å². The number of carbonyl (C=O) groups excluding carboxylic acids is 1. The molecule has 0 unspecified atom stereocenters. The molecule has 2 N–H and O–H groups in total. The number of benzene rings is 1. The Bertz CT molecular complexity index is 468. The fourth-order valence-corrected chi connectivity index (χ4v) is 2.84. The third-order valence-electron chi connectivity index (χ3n) is 3.96. The minimum absolute atomic E-state index is 0. The first-order valence-corrected chi connectivity index (χ1v) is 7.92. The summed E-state index contributed by atoms with van der Waals surface area (Å²) in [6, 6.07) is 8.46. The Hall–Kier alpha value is -1.26. The van der Waals surface area contributed by atoms with Gasteiger partial charge >= 0.3 is 0 Å². The predicted molar refractivity (Wildman–Crippen MR) is 91.8 cm³/mol. The summed E-state index contributed by atoms with van der Waals surface area (Å²) in [6.45, 7) is 6.39. The highest BCUT2D eigenvalue weighted by atomic mass is 35.5. The molecule has 1 amide bonds. The molecule has 2 atom stereocenters. The first-order chi connectivity index (χ1) is 10.2. The van der Waals surface area contributed by atoms with Crippen LogP contribution in [0, 0.1) is 5.92 Å². The SMILES string of the molecule is CCOc1ccccc1CCNC(=O)[C@H]1CCN[C@@H](C)C1.Cl. The molecule has 2 rings (SSSR count). The molecule has 1 aliphatic heterocycles. The van der Waals surface area contributed by atoms with Crippen molar-refractivity contribution in [3.8, 4) is 5.75 Å². The smallest absolute Gasteiger partial charge is 0.223 e. The molecule has 1 aromatic rings. The van der Waals surface area contributed by atoms with Crippen molar-refractivity contribution in [2.24, 2.45) is 5.92 Å². The molecule has 0 spiro atoms. The van der Waals surface area contributed by atoms with Crippen LogP contribution in [0.25, 0.3) is 0 Å². The van der Waals surface area contributed by atoms with Crippen molar-refractivity contribution in [1.82, 2.24) is 10.6 Å². The predicted octanol–water partition coefficient (Wildman–Crippen LogP) is 2.55. The molecule has 0 aromatic heterocycles. The van der Waals surface area contributed by atoms with Gasteiger partial charge in [0.1, 0.15) is 5.75 Å². The molecular formula is C17H27ClN2O2. The Balaban J connectivity index is 0.00000242. The quantitative estimate of drug-likeness (QED) is 0.844. The van der Waals surface area contributed by atoms with Crippen LogP contribution in [0.5, 0.6) is 5.75 Å². The van der Waals surface area contributed by atoms with Gasteiger partial charge < -0.3 is 15.4 Å². The van der Waals surface area contributed by atoms with Crippen molar-refractivity contribution in [1.29, 1.82) is 0 Å². The number of piperidine rings is 1. The highest BCUT2D eigenvalue weighted by Crippen LogP contribution is 2.19. The lowest BCUT2D eigenvalue weighted by Gasteiger charge is -2.27. The fraction of sp³-hybridized carbons (Fsp3) is 0.588. The van der Waals surface area contributed by atoms with Crippen LogP contribution in [-0.2, 0) is 11.2 Å². The minimum Gasteiger partial charge on any atom is -0.494 e. The zero-order valence-corrected chi connectivity index (χ0v) is 14.2. The van der Waals surface area contributed by atoms with Crippen molar-refractivity contribution >= 4 is 18.3 Å². The minimum atomic E-state index is 0. The second-order valence-electron chi connectivity index (χ2n) is 5.66. The standard InChI is InChI=1S/C17H26N2O2.ClH/c1-3-21-16-7-5-4-6-14(16)8-11-19-17(20)15-9-10-18-13(2)12-15;/h4-7,13,15,18H,3,8-12H2,1-2H3,(H,19,20);1H/t13-,15-;/m0./s1. The van der Waals surface area contributed by atoms with E-state index >= 15 is 0 Å². The first kappa shape index (κ1) is 18.8. The molecule has 0 aliphatic carbocycles. The maximum Gasteiger partial charge on any atom is 0.223 e. The van der Waals surface area contributed by atoms with Crippen molar-refractivity contribution in [3.05, 3.63) is 29.8 Å². The molecule has 22 heavy (non-hydrogen) atoms. The Morgan fingerprint density at radius 1 is 1.41 bits per heavy atom. The van der Waals surface area contributed by atoms with Crippen molar-refractivity contribution < 1.29 is 9.53 Å². The van der Waals surface area contributed by atoms with Gasteiger partial charge in [0.15, 0.2) is 0 Å². The van der Waals surface area contributed by atoms with E-state index < -0.39 is 0 Å². The average Bonchev–Trinajstić information content (AvgIpc) is 2.49. The van der Waals surface area contributed by atoms with E-state index in [2.05, 4.69) is 23.6 Å². The molecule has 1 aliphatic rings. The third kappa shape index (κ3) is 5.50. The second-order valence-corrected chi connectivity index (χ2v) is 5.66. The lowest BCUT2D eigenvalue weighted by Crippen LogP contribution is -2.42. The molecule has 1 aromatic carbocycles. The summed E-state index contributed by atoms with van der Waals surface area (Å²) in [5.41, 5.74) is 1.15. The van der Waals surface area contributed by atoms with E-state index in [1.807, 2.05) is 25.1 Å². The normalized spacial score (nSPS) is 20.8. The highest BCUT2D eigenvalue weighted by Gasteiger charge is 2.24. The van der Waals surface area contributed by atoms with Crippen molar-refractivity contribution in [2.75, 3.05) is 19.7 Å². The summed E-state index contributed by atoms with van der Waals surface area (Å²) in [5.74, 6) is 1.27. The van der Waals surface area contributed by atoms with Crippen molar-refractivity contribution in [2.45, 2.75) is 39.2 Å². The number of nitrogens with one attached hydrogen (secondary N) is 2. The summed E-state index contributed by atoms with van der Waals surface area (Å²) in [5, 5.41) is 6.44. The number of halogens is 1. The van der Waals surface area contributed by atoms with Crippen LogP contribution in [0.2, 0.25) is 0 Å². The van der Waals surface area contributed by atoms with E-state index in [-0.39, 0.29) is 24.2 Å². The Kier molecular flexibility index (Phi) is 8.28. The Labute approximate surface area is 139 Å². The van der Waals surface area contributed by atoms with Crippen LogP contribution in [0.3, 0.4) is 0 Å². The molecular weight excluding hydrogens is 300 g/mol. The summed E-state index contributed by atoms with van der Waals surface area (Å²) in [6.07, 6.45) is 2.68. The van der Waals surface area contributed by atoms with E-state index in [0.717, 1.165) is 37.1 Å². The monoisotopic (exact) mass is 326 g/mol. The molecule has 4 nitrogen and oxygen atoms in total. The van der Waals surface area contributed by atoms with Gasteiger partial charge in [-0.25, -0.2) is 0 Å². The molecule has 124 valence electrons. The summed E-state index contributed by atoms with van der Waals surface area (Å²) < 4.78 is 5.60. The molecule has 0 saturated carbocycles. The topological polar surface area (TPSA) is 50.4 Å². The van der Waals surface area contributed by atoms with Crippen molar-refractivity contribution in [3.63, 3.8) is 0 Å². The number of ether oxygens (including phenoxy) is 1. The zero-order chi connectivity index (χ0) is 15.1. The number of amides is 1. The van der Waals surface area contributed by atoms with E-state index in [9.17, 15) is 4.79 Å². The zero-order valence-electron chi connectivity index (χ0n) is 13.4. The van der Waals surface area contributed by atoms with Crippen LogP contribution in [0.1, 0.15) is 32.3 Å². The maximum absolute atomic E-state index is 12.2. The number of hydrogen-bond donors (Lipinski definition) is 2.